The van der Waals surface area contributed by atoms with Gasteiger partial charge in [-0.05, 0) is 49.5 Å². The minimum absolute atomic E-state index is 0.108. The van der Waals surface area contributed by atoms with Crippen LogP contribution in [-0.4, -0.2) is 29.0 Å². The van der Waals surface area contributed by atoms with E-state index in [1.807, 2.05) is 24.3 Å². The minimum atomic E-state index is 0.108. The van der Waals surface area contributed by atoms with Gasteiger partial charge in [-0.2, -0.15) is 0 Å². The number of nitrogens with zero attached hydrogens (tertiary/aromatic N) is 1. The van der Waals surface area contributed by atoms with Crippen molar-refractivity contribution in [1.82, 2.24) is 15.3 Å². The first-order valence-corrected chi connectivity index (χ1v) is 7.40. The van der Waals surface area contributed by atoms with E-state index in [9.17, 15) is 4.79 Å². The van der Waals surface area contributed by atoms with Gasteiger partial charge >= 0.3 is 0 Å². The minimum Gasteiger partial charge on any atom is -0.345 e. The Morgan fingerprint density at radius 2 is 2.00 bits per heavy atom. The second-order valence-electron chi connectivity index (χ2n) is 5.49. The first kappa shape index (κ1) is 13.8. The molecule has 0 atom stereocenters. The zero-order valence-electron chi connectivity index (χ0n) is 11.9. The number of amides is 1. The van der Waals surface area contributed by atoms with Crippen LogP contribution < -0.4 is 10.6 Å². The van der Waals surface area contributed by atoms with Crippen molar-refractivity contribution in [3.05, 3.63) is 36.8 Å². The molecule has 5 heteroatoms. The van der Waals surface area contributed by atoms with Crippen molar-refractivity contribution >= 4 is 11.6 Å². The van der Waals surface area contributed by atoms with E-state index in [2.05, 4.69) is 20.6 Å². The molecule has 0 bridgehead atoms. The normalized spacial score (nSPS) is 15.8. The van der Waals surface area contributed by atoms with Crippen LogP contribution in [0.4, 0.5) is 5.69 Å². The lowest BCUT2D eigenvalue weighted by molar-refractivity contribution is -0.117. The summed E-state index contributed by atoms with van der Waals surface area (Å²) in [5, 5.41) is 6.29. The number of H-pyrrole nitrogens is 1. The number of benzene rings is 1. The quantitative estimate of drug-likeness (QED) is 0.807. The van der Waals surface area contributed by atoms with Gasteiger partial charge < -0.3 is 15.6 Å². The van der Waals surface area contributed by atoms with Crippen LogP contribution >= 0.6 is 0 Å². The standard InChI is InChI=1S/C16H20N4O/c21-16(9-12-5-7-17-8-6-12)20-14-3-1-13(2-4-14)15-10-18-11-19-15/h1-4,10-12,17H,5-9H2,(H,18,19)(H,20,21). The summed E-state index contributed by atoms with van der Waals surface area (Å²) in [7, 11) is 0. The van der Waals surface area contributed by atoms with Crippen LogP contribution in [-0.2, 0) is 4.79 Å². The van der Waals surface area contributed by atoms with Crippen LogP contribution in [0.3, 0.4) is 0 Å². The predicted molar refractivity (Wildman–Crippen MR) is 82.9 cm³/mol. The van der Waals surface area contributed by atoms with Crippen molar-refractivity contribution in [3.8, 4) is 11.3 Å². The molecule has 1 aliphatic heterocycles. The van der Waals surface area contributed by atoms with Crippen molar-refractivity contribution in [2.75, 3.05) is 18.4 Å². The smallest absolute Gasteiger partial charge is 0.224 e. The topological polar surface area (TPSA) is 69.8 Å². The Balaban J connectivity index is 1.56. The Bertz CT molecular complexity index is 571. The monoisotopic (exact) mass is 284 g/mol. The summed E-state index contributed by atoms with van der Waals surface area (Å²) in [4.78, 5) is 19.1. The van der Waals surface area contributed by atoms with Crippen molar-refractivity contribution in [3.63, 3.8) is 0 Å². The summed E-state index contributed by atoms with van der Waals surface area (Å²) in [5.41, 5.74) is 2.88. The molecule has 0 aliphatic carbocycles. The largest absolute Gasteiger partial charge is 0.345 e. The maximum atomic E-state index is 12.0. The highest BCUT2D eigenvalue weighted by Gasteiger charge is 2.16. The Hall–Kier alpha value is -2.14. The van der Waals surface area contributed by atoms with E-state index >= 15 is 0 Å². The highest BCUT2D eigenvalue weighted by molar-refractivity contribution is 5.91. The first-order chi connectivity index (χ1) is 10.3. The van der Waals surface area contributed by atoms with Crippen LogP contribution in [0, 0.1) is 5.92 Å². The summed E-state index contributed by atoms with van der Waals surface area (Å²) in [6.45, 7) is 2.05. The number of piperidine rings is 1. The fraction of sp³-hybridized carbons (Fsp3) is 0.375. The Morgan fingerprint density at radius 3 is 2.67 bits per heavy atom. The molecule has 1 aromatic heterocycles. The number of aromatic nitrogens is 2. The number of hydrogen-bond donors (Lipinski definition) is 3. The molecule has 110 valence electrons. The van der Waals surface area contributed by atoms with Gasteiger partial charge in [-0.1, -0.05) is 12.1 Å². The third-order valence-corrected chi connectivity index (χ3v) is 3.91. The molecule has 0 spiro atoms. The second-order valence-corrected chi connectivity index (χ2v) is 5.49. The van der Waals surface area contributed by atoms with Crippen molar-refractivity contribution < 1.29 is 4.79 Å². The first-order valence-electron chi connectivity index (χ1n) is 7.40. The van der Waals surface area contributed by atoms with Gasteiger partial charge in [-0.3, -0.25) is 4.79 Å². The van der Waals surface area contributed by atoms with E-state index < -0.39 is 0 Å². The van der Waals surface area contributed by atoms with Gasteiger partial charge in [0.1, 0.15) is 0 Å². The number of carbonyl (C=O) groups excluding carboxylic acids is 1. The number of aromatic amines is 1. The summed E-state index contributed by atoms with van der Waals surface area (Å²) < 4.78 is 0. The molecule has 3 rings (SSSR count). The molecule has 0 saturated carbocycles. The number of anilines is 1. The summed E-state index contributed by atoms with van der Waals surface area (Å²) in [5.74, 6) is 0.617. The Kier molecular flexibility index (Phi) is 4.31. The average Bonchev–Trinajstić information content (AvgIpc) is 3.03. The third kappa shape index (κ3) is 3.70. The van der Waals surface area contributed by atoms with Gasteiger partial charge in [0, 0.05) is 12.1 Å². The van der Waals surface area contributed by atoms with Crippen LogP contribution in [0.5, 0.6) is 0 Å². The zero-order valence-corrected chi connectivity index (χ0v) is 11.9. The molecule has 2 heterocycles. The molecule has 0 radical (unpaired) electrons. The highest BCUT2D eigenvalue weighted by atomic mass is 16.1. The molecule has 5 nitrogen and oxygen atoms in total. The van der Waals surface area contributed by atoms with Gasteiger partial charge in [0.25, 0.3) is 0 Å². The van der Waals surface area contributed by atoms with Gasteiger partial charge in [-0.15, -0.1) is 0 Å². The molecular formula is C16H20N4O. The SMILES string of the molecule is O=C(CC1CCNCC1)Nc1ccc(-c2cnc[nH]2)cc1. The summed E-state index contributed by atoms with van der Waals surface area (Å²) in [6.07, 6.45) is 6.23. The number of rotatable bonds is 4. The average molecular weight is 284 g/mol. The molecular weight excluding hydrogens is 264 g/mol. The third-order valence-electron chi connectivity index (χ3n) is 3.91. The number of hydrogen-bond acceptors (Lipinski definition) is 3. The maximum Gasteiger partial charge on any atom is 0.224 e. The van der Waals surface area contributed by atoms with Crippen molar-refractivity contribution in [1.29, 1.82) is 0 Å². The summed E-state index contributed by atoms with van der Waals surface area (Å²) in [6, 6.07) is 7.81. The van der Waals surface area contributed by atoms with Gasteiger partial charge in [0.2, 0.25) is 5.91 Å². The fourth-order valence-corrected chi connectivity index (χ4v) is 2.71. The number of imidazole rings is 1. The lowest BCUT2D eigenvalue weighted by Gasteiger charge is -2.21. The lowest BCUT2D eigenvalue weighted by atomic mass is 9.94. The molecule has 3 N–H and O–H groups in total. The molecule has 1 fully saturated rings. The van der Waals surface area contributed by atoms with Gasteiger partial charge in [-0.25, -0.2) is 4.98 Å². The van der Waals surface area contributed by atoms with E-state index in [4.69, 9.17) is 0 Å². The van der Waals surface area contributed by atoms with Crippen molar-refractivity contribution in [2.45, 2.75) is 19.3 Å². The van der Waals surface area contributed by atoms with E-state index in [1.165, 1.54) is 0 Å². The molecule has 1 amide bonds. The molecule has 2 aromatic rings. The predicted octanol–water partition coefficient (Wildman–Crippen LogP) is 2.40. The zero-order chi connectivity index (χ0) is 14.5. The molecule has 0 unspecified atom stereocenters. The van der Waals surface area contributed by atoms with Crippen LogP contribution in [0.2, 0.25) is 0 Å². The number of nitrogens with one attached hydrogen (secondary N) is 3. The lowest BCUT2D eigenvalue weighted by Crippen LogP contribution is -2.30. The van der Waals surface area contributed by atoms with E-state index in [-0.39, 0.29) is 5.91 Å². The second kappa shape index (κ2) is 6.54. The molecule has 1 aromatic carbocycles. The molecule has 21 heavy (non-hydrogen) atoms. The van der Waals surface area contributed by atoms with Crippen LogP contribution in [0.15, 0.2) is 36.8 Å². The Morgan fingerprint density at radius 1 is 1.24 bits per heavy atom. The van der Waals surface area contributed by atoms with E-state index in [0.717, 1.165) is 42.9 Å². The van der Waals surface area contributed by atoms with E-state index in [0.29, 0.717) is 12.3 Å². The number of carbonyl (C=O) groups is 1. The Labute approximate surface area is 124 Å². The maximum absolute atomic E-state index is 12.0. The highest BCUT2D eigenvalue weighted by Crippen LogP contribution is 2.20. The van der Waals surface area contributed by atoms with Crippen molar-refractivity contribution in [2.24, 2.45) is 5.92 Å². The fourth-order valence-electron chi connectivity index (χ4n) is 2.71. The van der Waals surface area contributed by atoms with E-state index in [1.54, 1.807) is 12.5 Å². The van der Waals surface area contributed by atoms with Crippen LogP contribution in [0.25, 0.3) is 11.3 Å². The molecule has 1 aliphatic rings. The van der Waals surface area contributed by atoms with Gasteiger partial charge in [0.15, 0.2) is 0 Å². The summed E-state index contributed by atoms with van der Waals surface area (Å²) >= 11 is 0. The van der Waals surface area contributed by atoms with Crippen LogP contribution in [0.1, 0.15) is 19.3 Å². The molecule has 1 saturated heterocycles. The van der Waals surface area contributed by atoms with Gasteiger partial charge in [0.05, 0.1) is 18.2 Å².